The van der Waals surface area contributed by atoms with Gasteiger partial charge in [0.05, 0.1) is 0 Å². The number of carbonyl (C=O) groups is 1. The van der Waals surface area contributed by atoms with Gasteiger partial charge < -0.3 is 10.1 Å². The Morgan fingerprint density at radius 3 is 2.21 bits per heavy atom. The van der Waals surface area contributed by atoms with Crippen LogP contribution in [0.3, 0.4) is 0 Å². The van der Waals surface area contributed by atoms with Crippen molar-refractivity contribution in [2.24, 2.45) is 0 Å². The predicted molar refractivity (Wildman–Crippen MR) is 100 cm³/mol. The Labute approximate surface area is 148 Å². The second-order valence-electron chi connectivity index (χ2n) is 6.66. The molecule has 0 aliphatic rings. The summed E-state index contributed by atoms with van der Waals surface area (Å²) in [5.41, 5.74) is 0.709. The Morgan fingerprint density at radius 1 is 1.04 bits per heavy atom. The van der Waals surface area contributed by atoms with Gasteiger partial charge in [-0.2, -0.15) is 0 Å². The minimum absolute atomic E-state index is 0.00690. The van der Waals surface area contributed by atoms with Gasteiger partial charge in [-0.15, -0.1) is 11.8 Å². The number of amides is 1. The molecule has 2 aromatic rings. The summed E-state index contributed by atoms with van der Waals surface area (Å²) in [5.74, 6) is 0.790. The molecule has 0 aliphatic heterocycles. The summed E-state index contributed by atoms with van der Waals surface area (Å²) in [4.78, 5) is 13.3. The van der Waals surface area contributed by atoms with E-state index in [1.165, 1.54) is 10.5 Å². The lowest BCUT2D eigenvalue weighted by Gasteiger charge is -2.23. The number of rotatable bonds is 6. The van der Waals surface area contributed by atoms with E-state index in [2.05, 4.69) is 29.6 Å². The molecule has 0 radical (unpaired) electrons. The number of carbonyl (C=O) groups excluding carboxylic acids is 1. The Morgan fingerprint density at radius 2 is 1.62 bits per heavy atom. The van der Waals surface area contributed by atoms with Crippen molar-refractivity contribution in [2.75, 3.05) is 5.75 Å². The topological polar surface area (TPSA) is 38.3 Å². The molecular weight excluding hydrogens is 318 g/mol. The molecule has 0 fully saturated rings. The first kappa shape index (κ1) is 18.4. The Balaban J connectivity index is 1.99. The van der Waals surface area contributed by atoms with Crippen LogP contribution >= 0.6 is 11.8 Å². The average Bonchev–Trinajstić information content (AvgIpc) is 2.53. The summed E-state index contributed by atoms with van der Waals surface area (Å²) in [6, 6.07) is 20.4. The summed E-state index contributed by atoms with van der Waals surface area (Å²) in [5, 5.41) is 3.01. The molecule has 0 aliphatic carbocycles. The first-order valence-electron chi connectivity index (χ1n) is 8.14. The normalized spacial score (nSPS) is 12.5. The van der Waals surface area contributed by atoms with Gasteiger partial charge in [0.15, 0.2) is 0 Å². The van der Waals surface area contributed by atoms with E-state index in [9.17, 15) is 4.79 Å². The minimum Gasteiger partial charge on any atom is -0.444 e. The van der Waals surface area contributed by atoms with Crippen LogP contribution in [0.2, 0.25) is 0 Å². The van der Waals surface area contributed by atoms with Crippen molar-refractivity contribution in [3.05, 3.63) is 66.2 Å². The zero-order valence-electron chi connectivity index (χ0n) is 14.5. The van der Waals surface area contributed by atoms with Crippen molar-refractivity contribution in [3.8, 4) is 0 Å². The molecule has 0 aromatic heterocycles. The molecule has 3 nitrogen and oxygen atoms in total. The van der Waals surface area contributed by atoms with Gasteiger partial charge in [-0.1, -0.05) is 48.5 Å². The lowest BCUT2D eigenvalue weighted by Crippen LogP contribution is -2.41. The summed E-state index contributed by atoms with van der Waals surface area (Å²) in [6.07, 6.45) is 0.414. The van der Waals surface area contributed by atoms with E-state index in [1.807, 2.05) is 57.2 Å². The van der Waals surface area contributed by atoms with E-state index in [-0.39, 0.29) is 12.1 Å². The molecule has 0 unspecified atom stereocenters. The minimum atomic E-state index is -0.492. The fraction of sp³-hybridized carbons (Fsp3) is 0.350. The molecule has 0 heterocycles. The number of alkyl carbamates (subject to hydrolysis) is 1. The van der Waals surface area contributed by atoms with Gasteiger partial charge in [0.1, 0.15) is 5.60 Å². The molecule has 0 saturated heterocycles. The molecule has 4 heteroatoms. The van der Waals surface area contributed by atoms with Crippen molar-refractivity contribution in [1.29, 1.82) is 0 Å². The maximum Gasteiger partial charge on any atom is 0.407 e. The third kappa shape index (κ3) is 7.09. The Hall–Kier alpha value is -1.94. The second-order valence-corrected chi connectivity index (χ2v) is 7.75. The molecule has 1 amide bonds. The van der Waals surface area contributed by atoms with Gasteiger partial charge in [0.2, 0.25) is 0 Å². The van der Waals surface area contributed by atoms with Crippen LogP contribution in [0.1, 0.15) is 26.3 Å². The fourth-order valence-corrected chi connectivity index (χ4v) is 3.18. The van der Waals surface area contributed by atoms with E-state index in [4.69, 9.17) is 4.74 Å². The fourth-order valence-electron chi connectivity index (χ4n) is 2.24. The highest BCUT2D eigenvalue weighted by Crippen LogP contribution is 2.19. The first-order chi connectivity index (χ1) is 11.4. The molecule has 1 N–H and O–H groups in total. The van der Waals surface area contributed by atoms with Crippen LogP contribution in [0.4, 0.5) is 4.79 Å². The van der Waals surface area contributed by atoms with E-state index < -0.39 is 5.60 Å². The van der Waals surface area contributed by atoms with E-state index in [0.717, 1.165) is 12.2 Å². The van der Waals surface area contributed by atoms with E-state index in [1.54, 1.807) is 11.8 Å². The van der Waals surface area contributed by atoms with E-state index >= 15 is 0 Å². The second kappa shape index (κ2) is 8.78. The molecule has 2 rings (SSSR count). The van der Waals surface area contributed by atoms with Crippen LogP contribution in [-0.4, -0.2) is 23.5 Å². The quantitative estimate of drug-likeness (QED) is 0.757. The average molecular weight is 343 g/mol. The molecule has 0 spiro atoms. The van der Waals surface area contributed by atoms with E-state index in [0.29, 0.717) is 0 Å². The van der Waals surface area contributed by atoms with Crippen molar-refractivity contribution < 1.29 is 9.53 Å². The van der Waals surface area contributed by atoms with Gasteiger partial charge in [-0.3, -0.25) is 0 Å². The van der Waals surface area contributed by atoms with Gasteiger partial charge in [0, 0.05) is 16.7 Å². The highest BCUT2D eigenvalue weighted by atomic mass is 32.2. The predicted octanol–water partition coefficient (Wildman–Crippen LogP) is 4.91. The molecule has 1 atom stereocenters. The van der Waals surface area contributed by atoms with Crippen LogP contribution in [0.15, 0.2) is 65.6 Å². The van der Waals surface area contributed by atoms with Gasteiger partial charge in [-0.05, 0) is 44.9 Å². The molecular formula is C20H25NO2S. The summed E-state index contributed by atoms with van der Waals surface area (Å²) in [7, 11) is 0. The third-order valence-electron chi connectivity index (χ3n) is 3.24. The van der Waals surface area contributed by atoms with Crippen LogP contribution in [-0.2, 0) is 11.2 Å². The first-order valence-corrected chi connectivity index (χ1v) is 9.12. The van der Waals surface area contributed by atoms with Gasteiger partial charge in [-0.25, -0.2) is 4.79 Å². The summed E-state index contributed by atoms with van der Waals surface area (Å²) in [6.45, 7) is 5.62. The van der Waals surface area contributed by atoms with Crippen molar-refractivity contribution in [1.82, 2.24) is 5.32 Å². The Kier molecular flexibility index (Phi) is 6.73. The Bertz CT molecular complexity index is 623. The summed E-state index contributed by atoms with van der Waals surface area (Å²) >= 11 is 1.74. The smallest absolute Gasteiger partial charge is 0.407 e. The molecule has 2 aromatic carbocycles. The van der Waals surface area contributed by atoms with Crippen molar-refractivity contribution >= 4 is 17.9 Å². The van der Waals surface area contributed by atoms with Crippen LogP contribution in [0.25, 0.3) is 0 Å². The molecule has 128 valence electrons. The largest absolute Gasteiger partial charge is 0.444 e. The molecule has 0 bridgehead atoms. The van der Waals surface area contributed by atoms with Gasteiger partial charge in [0.25, 0.3) is 0 Å². The standard InChI is InChI=1S/C20H25NO2S/c1-20(2,3)23-19(22)21-17(14-16-10-6-4-7-11-16)15-24-18-12-8-5-9-13-18/h4-13,17H,14-15H2,1-3H3,(H,21,22)/t17-/m0/s1. The lowest BCUT2D eigenvalue weighted by atomic mass is 10.1. The highest BCUT2D eigenvalue weighted by molar-refractivity contribution is 7.99. The number of ether oxygens (including phenoxy) is 1. The number of thioether (sulfide) groups is 1. The highest BCUT2D eigenvalue weighted by Gasteiger charge is 2.20. The third-order valence-corrected chi connectivity index (χ3v) is 4.41. The van der Waals surface area contributed by atoms with Crippen molar-refractivity contribution in [2.45, 2.75) is 43.7 Å². The number of nitrogens with one attached hydrogen (secondary N) is 1. The van der Waals surface area contributed by atoms with Crippen molar-refractivity contribution in [3.63, 3.8) is 0 Å². The maximum absolute atomic E-state index is 12.1. The number of hydrogen-bond acceptors (Lipinski definition) is 3. The zero-order chi connectivity index (χ0) is 17.4. The van der Waals surface area contributed by atoms with Crippen LogP contribution in [0.5, 0.6) is 0 Å². The zero-order valence-corrected chi connectivity index (χ0v) is 15.3. The maximum atomic E-state index is 12.1. The number of benzene rings is 2. The SMILES string of the molecule is CC(C)(C)OC(=O)N[C@H](CSc1ccccc1)Cc1ccccc1. The van der Waals surface area contributed by atoms with Crippen LogP contribution < -0.4 is 5.32 Å². The lowest BCUT2D eigenvalue weighted by molar-refractivity contribution is 0.0509. The number of hydrogen-bond donors (Lipinski definition) is 1. The van der Waals surface area contributed by atoms with Crippen LogP contribution in [0, 0.1) is 0 Å². The summed E-state index contributed by atoms with van der Waals surface area (Å²) < 4.78 is 5.40. The molecule has 0 saturated carbocycles. The van der Waals surface area contributed by atoms with Gasteiger partial charge >= 0.3 is 6.09 Å². The monoisotopic (exact) mass is 343 g/mol. The molecule has 24 heavy (non-hydrogen) atoms.